The standard InChI is InChI=1S/C17H17N3S/c18-16(21)14-8-11-6-3-7-15(11)19-17(14)20-9-12-4-1-2-5-13(12)10-20/h1-2,4-5,8H,3,6-7,9-10H2,(H2,18,21). The summed E-state index contributed by atoms with van der Waals surface area (Å²) in [5.74, 6) is 0.958. The highest BCUT2D eigenvalue weighted by Crippen LogP contribution is 2.32. The Bertz CT molecular complexity index is 714. The molecule has 1 aromatic heterocycles. The van der Waals surface area contributed by atoms with Gasteiger partial charge in [0, 0.05) is 18.8 Å². The van der Waals surface area contributed by atoms with Crippen LogP contribution in [0.15, 0.2) is 30.3 Å². The van der Waals surface area contributed by atoms with E-state index >= 15 is 0 Å². The van der Waals surface area contributed by atoms with E-state index in [4.69, 9.17) is 22.9 Å². The maximum Gasteiger partial charge on any atom is 0.139 e. The summed E-state index contributed by atoms with van der Waals surface area (Å²) in [7, 11) is 0. The highest BCUT2D eigenvalue weighted by Gasteiger charge is 2.25. The maximum absolute atomic E-state index is 5.95. The molecule has 0 saturated carbocycles. The van der Waals surface area contributed by atoms with E-state index in [1.807, 2.05) is 0 Å². The van der Waals surface area contributed by atoms with Crippen molar-refractivity contribution in [2.45, 2.75) is 32.4 Å². The molecule has 0 amide bonds. The third-order valence-corrected chi connectivity index (χ3v) is 4.66. The van der Waals surface area contributed by atoms with Crippen LogP contribution in [0.2, 0.25) is 0 Å². The molecule has 1 aromatic carbocycles. The van der Waals surface area contributed by atoms with Gasteiger partial charge in [0.25, 0.3) is 0 Å². The third-order valence-electron chi connectivity index (χ3n) is 4.44. The van der Waals surface area contributed by atoms with Crippen molar-refractivity contribution >= 4 is 23.0 Å². The van der Waals surface area contributed by atoms with Crippen LogP contribution < -0.4 is 10.6 Å². The van der Waals surface area contributed by atoms with Crippen LogP contribution in [0.1, 0.15) is 34.4 Å². The normalized spacial score (nSPS) is 15.9. The lowest BCUT2D eigenvalue weighted by molar-refractivity contribution is 0.842. The minimum absolute atomic E-state index is 0.447. The number of fused-ring (bicyclic) bond motifs is 2. The van der Waals surface area contributed by atoms with E-state index in [-0.39, 0.29) is 0 Å². The van der Waals surface area contributed by atoms with Gasteiger partial charge in [-0.1, -0.05) is 36.5 Å². The quantitative estimate of drug-likeness (QED) is 0.865. The Balaban J connectivity index is 1.77. The molecule has 3 nitrogen and oxygen atoms in total. The van der Waals surface area contributed by atoms with Gasteiger partial charge in [0.2, 0.25) is 0 Å². The number of rotatable bonds is 2. The van der Waals surface area contributed by atoms with E-state index < -0.39 is 0 Å². The van der Waals surface area contributed by atoms with Crippen LogP contribution in [0.25, 0.3) is 0 Å². The average Bonchev–Trinajstić information content (AvgIpc) is 3.11. The Kier molecular flexibility index (Phi) is 2.93. The molecule has 4 rings (SSSR count). The number of anilines is 1. The second-order valence-corrected chi connectivity index (χ2v) is 6.25. The second-order valence-electron chi connectivity index (χ2n) is 5.81. The minimum Gasteiger partial charge on any atom is -0.389 e. The van der Waals surface area contributed by atoms with E-state index in [0.717, 1.165) is 37.3 Å². The Hall–Kier alpha value is -1.94. The van der Waals surface area contributed by atoms with Crippen molar-refractivity contribution < 1.29 is 0 Å². The number of pyridine rings is 1. The molecular formula is C17H17N3S. The van der Waals surface area contributed by atoms with E-state index in [1.165, 1.54) is 28.8 Å². The fraction of sp³-hybridized carbons (Fsp3) is 0.294. The summed E-state index contributed by atoms with van der Waals surface area (Å²) in [5, 5.41) is 0. The molecule has 106 valence electrons. The van der Waals surface area contributed by atoms with Gasteiger partial charge in [0.1, 0.15) is 10.8 Å². The number of aromatic nitrogens is 1. The molecule has 1 aliphatic carbocycles. The summed E-state index contributed by atoms with van der Waals surface area (Å²) in [6.45, 7) is 1.77. The first kappa shape index (κ1) is 12.8. The molecule has 0 radical (unpaired) electrons. The van der Waals surface area contributed by atoms with E-state index in [2.05, 4.69) is 35.2 Å². The molecule has 1 aliphatic heterocycles. The van der Waals surface area contributed by atoms with Gasteiger partial charge in [-0.05, 0) is 42.0 Å². The van der Waals surface area contributed by atoms with Gasteiger partial charge in [-0.25, -0.2) is 4.98 Å². The van der Waals surface area contributed by atoms with Crippen LogP contribution in [0.3, 0.4) is 0 Å². The molecule has 0 unspecified atom stereocenters. The molecule has 2 aliphatic rings. The van der Waals surface area contributed by atoms with Crippen LogP contribution in [-0.2, 0) is 25.9 Å². The predicted molar refractivity (Wildman–Crippen MR) is 88.5 cm³/mol. The van der Waals surface area contributed by atoms with Gasteiger partial charge < -0.3 is 10.6 Å². The summed E-state index contributed by atoms with van der Waals surface area (Å²) in [5.41, 5.74) is 12.2. The summed E-state index contributed by atoms with van der Waals surface area (Å²) < 4.78 is 0. The summed E-state index contributed by atoms with van der Waals surface area (Å²) in [4.78, 5) is 7.63. The van der Waals surface area contributed by atoms with Crippen LogP contribution in [0.5, 0.6) is 0 Å². The van der Waals surface area contributed by atoms with Crippen LogP contribution in [-0.4, -0.2) is 9.97 Å². The topological polar surface area (TPSA) is 42.1 Å². The molecule has 0 fully saturated rings. The molecule has 2 N–H and O–H groups in total. The van der Waals surface area contributed by atoms with Gasteiger partial charge in [0.05, 0.1) is 5.56 Å². The van der Waals surface area contributed by atoms with Crippen molar-refractivity contribution in [3.05, 3.63) is 58.3 Å². The molecule has 0 saturated heterocycles. The molecule has 0 bridgehead atoms. The van der Waals surface area contributed by atoms with Gasteiger partial charge in [-0.3, -0.25) is 0 Å². The number of benzene rings is 1. The molecule has 21 heavy (non-hydrogen) atoms. The fourth-order valence-corrected chi connectivity index (χ4v) is 3.52. The number of nitrogens with two attached hydrogens (primary N) is 1. The summed E-state index contributed by atoms with van der Waals surface area (Å²) in [6.07, 6.45) is 3.35. The van der Waals surface area contributed by atoms with E-state index in [1.54, 1.807) is 0 Å². The van der Waals surface area contributed by atoms with Crippen LogP contribution in [0.4, 0.5) is 5.82 Å². The lowest BCUT2D eigenvalue weighted by Crippen LogP contribution is -2.22. The van der Waals surface area contributed by atoms with Crippen molar-refractivity contribution in [1.29, 1.82) is 0 Å². The molecular weight excluding hydrogens is 278 g/mol. The number of thiocarbonyl (C=S) groups is 1. The van der Waals surface area contributed by atoms with Crippen molar-refractivity contribution in [3.63, 3.8) is 0 Å². The Morgan fingerprint density at radius 1 is 1.10 bits per heavy atom. The zero-order valence-corrected chi connectivity index (χ0v) is 12.6. The van der Waals surface area contributed by atoms with Crippen molar-refractivity contribution in [2.24, 2.45) is 5.73 Å². The maximum atomic E-state index is 5.95. The van der Waals surface area contributed by atoms with Gasteiger partial charge in [-0.15, -0.1) is 0 Å². The Morgan fingerprint density at radius 3 is 2.48 bits per heavy atom. The highest BCUT2D eigenvalue weighted by molar-refractivity contribution is 7.80. The van der Waals surface area contributed by atoms with Gasteiger partial charge in [-0.2, -0.15) is 0 Å². The number of nitrogens with zero attached hydrogens (tertiary/aromatic N) is 2. The zero-order valence-electron chi connectivity index (χ0n) is 11.8. The molecule has 2 aromatic rings. The minimum atomic E-state index is 0.447. The summed E-state index contributed by atoms with van der Waals surface area (Å²) in [6, 6.07) is 10.7. The first-order valence-electron chi connectivity index (χ1n) is 7.36. The SMILES string of the molecule is NC(=S)c1cc2c(nc1N1Cc3ccccc3C1)CCC2. The Morgan fingerprint density at radius 2 is 1.81 bits per heavy atom. The first-order valence-corrected chi connectivity index (χ1v) is 7.77. The van der Waals surface area contributed by atoms with Crippen molar-refractivity contribution in [1.82, 2.24) is 4.98 Å². The lowest BCUT2D eigenvalue weighted by atomic mass is 10.1. The van der Waals surface area contributed by atoms with E-state index in [9.17, 15) is 0 Å². The second kappa shape index (κ2) is 4.81. The number of aryl methyl sites for hydroxylation is 2. The van der Waals surface area contributed by atoms with Crippen LogP contribution >= 0.6 is 12.2 Å². The van der Waals surface area contributed by atoms with Gasteiger partial charge in [0.15, 0.2) is 0 Å². The van der Waals surface area contributed by atoms with Crippen molar-refractivity contribution in [3.8, 4) is 0 Å². The highest BCUT2D eigenvalue weighted by atomic mass is 32.1. The lowest BCUT2D eigenvalue weighted by Gasteiger charge is -2.21. The van der Waals surface area contributed by atoms with Gasteiger partial charge >= 0.3 is 0 Å². The number of hydrogen-bond donors (Lipinski definition) is 1. The van der Waals surface area contributed by atoms with Crippen LogP contribution in [0, 0.1) is 0 Å². The fourth-order valence-electron chi connectivity index (χ4n) is 3.37. The largest absolute Gasteiger partial charge is 0.389 e. The molecule has 4 heteroatoms. The molecule has 2 heterocycles. The monoisotopic (exact) mass is 295 g/mol. The van der Waals surface area contributed by atoms with Crippen molar-refractivity contribution in [2.75, 3.05) is 4.90 Å². The molecule has 0 atom stereocenters. The summed E-state index contributed by atoms with van der Waals surface area (Å²) >= 11 is 5.25. The average molecular weight is 295 g/mol. The Labute approximate surface area is 129 Å². The number of hydrogen-bond acceptors (Lipinski definition) is 3. The molecule has 0 spiro atoms. The first-order chi connectivity index (χ1) is 10.2. The third kappa shape index (κ3) is 2.10. The predicted octanol–water partition coefficient (Wildman–Crippen LogP) is 2.72. The smallest absolute Gasteiger partial charge is 0.139 e. The zero-order chi connectivity index (χ0) is 14.4. The van der Waals surface area contributed by atoms with E-state index in [0.29, 0.717) is 4.99 Å².